The first kappa shape index (κ1) is 20.7. The second kappa shape index (κ2) is 7.16. The largest absolute Gasteiger partial charge is 0.503 e. The molecule has 8 nitrogen and oxygen atoms in total. The minimum absolute atomic E-state index is 0.0552. The molecule has 32 heavy (non-hydrogen) atoms. The SMILES string of the molecule is Cc1ccc(CNC(=O)c2c3n4c(c(O)c2=O)C(=O)N2CCCC[C@@]4(C[C@H]3O)C2)c(F)c1. The Labute approximate surface area is 183 Å². The van der Waals surface area contributed by atoms with E-state index in [2.05, 4.69) is 5.32 Å². The summed E-state index contributed by atoms with van der Waals surface area (Å²) in [5, 5.41) is 24.1. The van der Waals surface area contributed by atoms with Gasteiger partial charge >= 0.3 is 0 Å². The highest BCUT2D eigenvalue weighted by Gasteiger charge is 2.53. The van der Waals surface area contributed by atoms with Gasteiger partial charge in [0.15, 0.2) is 11.4 Å². The monoisotopic (exact) mass is 441 g/mol. The van der Waals surface area contributed by atoms with Gasteiger partial charge in [0.1, 0.15) is 11.4 Å². The number of pyridine rings is 1. The van der Waals surface area contributed by atoms with Crippen LogP contribution in [0.15, 0.2) is 23.0 Å². The lowest BCUT2D eigenvalue weighted by Crippen LogP contribution is -2.52. The first-order valence-corrected chi connectivity index (χ1v) is 10.8. The van der Waals surface area contributed by atoms with Crippen LogP contribution >= 0.6 is 0 Å². The third-order valence-corrected chi connectivity index (χ3v) is 6.92. The molecule has 0 aliphatic carbocycles. The van der Waals surface area contributed by atoms with E-state index >= 15 is 0 Å². The van der Waals surface area contributed by atoms with Gasteiger partial charge in [0.05, 0.1) is 17.3 Å². The van der Waals surface area contributed by atoms with Crippen molar-refractivity contribution in [2.75, 3.05) is 13.1 Å². The summed E-state index contributed by atoms with van der Waals surface area (Å²) in [6, 6.07) is 4.60. The quantitative estimate of drug-likeness (QED) is 0.671. The average Bonchev–Trinajstić information content (AvgIpc) is 2.90. The summed E-state index contributed by atoms with van der Waals surface area (Å²) >= 11 is 0. The number of aromatic nitrogens is 1. The fourth-order valence-electron chi connectivity index (χ4n) is 5.45. The molecule has 3 aliphatic rings. The molecule has 168 valence electrons. The summed E-state index contributed by atoms with van der Waals surface area (Å²) in [6.45, 7) is 2.46. The Morgan fingerprint density at radius 1 is 1.31 bits per heavy atom. The molecule has 2 aromatic rings. The number of hydrogen-bond acceptors (Lipinski definition) is 5. The van der Waals surface area contributed by atoms with Crippen molar-refractivity contribution in [3.8, 4) is 5.75 Å². The van der Waals surface area contributed by atoms with Crippen LogP contribution in [-0.2, 0) is 12.1 Å². The number of fused-ring (bicyclic) bond motifs is 1. The molecule has 0 saturated carbocycles. The van der Waals surface area contributed by atoms with Crippen molar-refractivity contribution in [3.05, 3.63) is 62.3 Å². The van der Waals surface area contributed by atoms with E-state index < -0.39 is 46.0 Å². The number of aliphatic hydroxyl groups excluding tert-OH is 1. The van der Waals surface area contributed by atoms with Crippen LogP contribution in [0.3, 0.4) is 0 Å². The Bertz CT molecular complexity index is 1220. The van der Waals surface area contributed by atoms with Gasteiger partial charge in [-0.2, -0.15) is 0 Å². The van der Waals surface area contributed by atoms with Crippen LogP contribution in [0.25, 0.3) is 0 Å². The number of halogens is 1. The topological polar surface area (TPSA) is 112 Å². The predicted octanol–water partition coefficient (Wildman–Crippen LogP) is 1.70. The second-order valence-corrected chi connectivity index (χ2v) is 9.03. The first-order chi connectivity index (χ1) is 15.2. The summed E-state index contributed by atoms with van der Waals surface area (Å²) in [6.07, 6.45) is 1.38. The standard InChI is InChI=1S/C23H24FN3O5/c1-12-4-5-13(14(24)8-12)10-25-21(31)16-17-15(28)9-23-6-2-3-7-26(11-23)22(32)18(27(17)23)20(30)19(16)29/h4-5,8,15,28,30H,2-3,6-7,9-11H2,1H3,(H,25,31)/t15-,23-/m1/s1. The number of carbonyl (C=O) groups excluding carboxylic acids is 2. The van der Waals surface area contributed by atoms with Crippen molar-refractivity contribution in [1.82, 2.24) is 14.8 Å². The number of amides is 2. The Hall–Kier alpha value is -3.20. The summed E-state index contributed by atoms with van der Waals surface area (Å²) in [7, 11) is 0. The molecule has 1 aromatic heterocycles. The molecule has 9 heteroatoms. The van der Waals surface area contributed by atoms with Gasteiger partial charge < -0.3 is 25.0 Å². The number of nitrogens with zero attached hydrogens (tertiary/aromatic N) is 2. The molecule has 3 N–H and O–H groups in total. The average molecular weight is 441 g/mol. The summed E-state index contributed by atoms with van der Waals surface area (Å²) in [4.78, 5) is 40.7. The minimum atomic E-state index is -1.13. The fraction of sp³-hybridized carbons (Fsp3) is 0.435. The Morgan fingerprint density at radius 2 is 2.09 bits per heavy atom. The lowest BCUT2D eigenvalue weighted by molar-refractivity contribution is 0.0549. The first-order valence-electron chi connectivity index (χ1n) is 10.8. The number of aliphatic hydroxyl groups is 1. The van der Waals surface area contributed by atoms with Crippen molar-refractivity contribution in [3.63, 3.8) is 0 Å². The number of hydrogen-bond donors (Lipinski definition) is 3. The zero-order chi connectivity index (χ0) is 22.8. The number of rotatable bonds is 3. The molecule has 1 spiro atoms. The molecule has 2 amide bonds. The maximum atomic E-state index is 14.2. The van der Waals surface area contributed by atoms with Crippen LogP contribution < -0.4 is 10.7 Å². The highest BCUT2D eigenvalue weighted by molar-refractivity contribution is 6.00. The third-order valence-electron chi connectivity index (χ3n) is 6.92. The highest BCUT2D eigenvalue weighted by Crippen LogP contribution is 2.49. The summed E-state index contributed by atoms with van der Waals surface area (Å²) < 4.78 is 15.7. The molecule has 5 rings (SSSR count). The molecule has 1 fully saturated rings. The van der Waals surface area contributed by atoms with Crippen molar-refractivity contribution in [2.45, 2.75) is 50.8 Å². The van der Waals surface area contributed by atoms with Gasteiger partial charge in [-0.25, -0.2) is 4.39 Å². The van der Waals surface area contributed by atoms with Crippen molar-refractivity contribution in [2.24, 2.45) is 0 Å². The Morgan fingerprint density at radius 3 is 2.84 bits per heavy atom. The molecule has 1 saturated heterocycles. The van der Waals surface area contributed by atoms with Crippen LogP contribution in [0.1, 0.15) is 69.5 Å². The Kier molecular flexibility index (Phi) is 4.63. The van der Waals surface area contributed by atoms with E-state index in [4.69, 9.17) is 0 Å². The van der Waals surface area contributed by atoms with Gasteiger partial charge in [0.25, 0.3) is 11.8 Å². The van der Waals surface area contributed by atoms with E-state index in [0.29, 0.717) is 19.5 Å². The summed E-state index contributed by atoms with van der Waals surface area (Å²) in [5.41, 5.74) is -1.19. The second-order valence-electron chi connectivity index (χ2n) is 9.03. The lowest BCUT2D eigenvalue weighted by atomic mass is 9.88. The third kappa shape index (κ3) is 2.87. The Balaban J connectivity index is 1.60. The van der Waals surface area contributed by atoms with Gasteiger partial charge in [-0.3, -0.25) is 14.4 Å². The van der Waals surface area contributed by atoms with E-state index in [1.165, 1.54) is 6.07 Å². The minimum Gasteiger partial charge on any atom is -0.503 e. The number of aromatic hydroxyl groups is 1. The zero-order valence-electron chi connectivity index (χ0n) is 17.7. The maximum Gasteiger partial charge on any atom is 0.274 e. The van der Waals surface area contributed by atoms with Crippen LogP contribution in [0, 0.1) is 12.7 Å². The van der Waals surface area contributed by atoms with Crippen molar-refractivity contribution >= 4 is 11.8 Å². The number of benzene rings is 1. The van der Waals surface area contributed by atoms with Crippen molar-refractivity contribution < 1.29 is 24.2 Å². The van der Waals surface area contributed by atoms with Gasteiger partial charge in [0, 0.05) is 31.6 Å². The van der Waals surface area contributed by atoms with Crippen molar-refractivity contribution in [1.29, 1.82) is 0 Å². The van der Waals surface area contributed by atoms with E-state index in [1.54, 1.807) is 28.5 Å². The molecular formula is C23H24FN3O5. The smallest absolute Gasteiger partial charge is 0.274 e. The van der Waals surface area contributed by atoms with E-state index in [1.807, 2.05) is 0 Å². The van der Waals surface area contributed by atoms with Crippen LogP contribution in [0.4, 0.5) is 4.39 Å². The molecular weight excluding hydrogens is 417 g/mol. The molecule has 0 radical (unpaired) electrons. The molecule has 3 aliphatic heterocycles. The van der Waals surface area contributed by atoms with Gasteiger partial charge in [-0.1, -0.05) is 12.1 Å². The van der Waals surface area contributed by atoms with E-state index in [0.717, 1.165) is 18.4 Å². The number of nitrogens with one attached hydrogen (secondary N) is 1. The van der Waals surface area contributed by atoms with Gasteiger partial charge in [-0.15, -0.1) is 0 Å². The maximum absolute atomic E-state index is 14.2. The van der Waals surface area contributed by atoms with Crippen LogP contribution in [0.5, 0.6) is 5.75 Å². The number of aryl methyl sites for hydroxylation is 1. The molecule has 4 heterocycles. The molecule has 1 aromatic carbocycles. The fourth-order valence-corrected chi connectivity index (χ4v) is 5.45. The van der Waals surface area contributed by atoms with Crippen LogP contribution in [-0.4, -0.2) is 44.6 Å². The predicted molar refractivity (Wildman–Crippen MR) is 112 cm³/mol. The van der Waals surface area contributed by atoms with E-state index in [-0.39, 0.29) is 29.9 Å². The molecule has 2 atom stereocenters. The van der Waals surface area contributed by atoms with Gasteiger partial charge in [0.2, 0.25) is 5.43 Å². The van der Waals surface area contributed by atoms with E-state index in [9.17, 15) is 29.0 Å². The summed E-state index contributed by atoms with van der Waals surface area (Å²) in [5.74, 6) is -2.56. The normalized spacial score (nSPS) is 23.7. The zero-order valence-corrected chi connectivity index (χ0v) is 17.7. The molecule has 2 bridgehead atoms. The number of carbonyl (C=O) groups is 2. The van der Waals surface area contributed by atoms with Crippen LogP contribution in [0.2, 0.25) is 0 Å². The van der Waals surface area contributed by atoms with Gasteiger partial charge in [-0.05, 0) is 37.8 Å². The highest BCUT2D eigenvalue weighted by atomic mass is 19.1. The molecule has 0 unspecified atom stereocenters. The lowest BCUT2D eigenvalue weighted by Gasteiger charge is -2.41.